The highest BCUT2D eigenvalue weighted by Crippen LogP contribution is 2.37. The minimum absolute atomic E-state index is 0.187. The molecule has 134 valence electrons. The zero-order valence-corrected chi connectivity index (χ0v) is 16.9. The number of halogens is 1. The molecule has 1 aromatic carbocycles. The molecule has 3 aromatic rings. The molecular formula is C20H20BrN3OS. The largest absolute Gasteiger partial charge is 0.397 e. The Bertz CT molecular complexity index is 998. The summed E-state index contributed by atoms with van der Waals surface area (Å²) in [6, 6.07) is 9.67. The Morgan fingerprint density at radius 3 is 3.04 bits per heavy atom. The smallest absolute Gasteiger partial charge is 0.267 e. The second-order valence-corrected chi connectivity index (χ2v) is 8.69. The molecule has 0 saturated carbocycles. The van der Waals surface area contributed by atoms with Crippen LogP contribution in [0.2, 0.25) is 0 Å². The van der Waals surface area contributed by atoms with Gasteiger partial charge in [0.05, 0.1) is 5.69 Å². The highest BCUT2D eigenvalue weighted by Gasteiger charge is 2.23. The Balaban J connectivity index is 1.68. The van der Waals surface area contributed by atoms with Gasteiger partial charge >= 0.3 is 0 Å². The van der Waals surface area contributed by atoms with E-state index in [0.29, 0.717) is 10.6 Å². The lowest BCUT2D eigenvalue weighted by Crippen LogP contribution is -2.14. The summed E-state index contributed by atoms with van der Waals surface area (Å²) >= 11 is 4.79. The molecular weight excluding hydrogens is 410 g/mol. The molecule has 0 saturated heterocycles. The van der Waals surface area contributed by atoms with Crippen molar-refractivity contribution in [1.29, 1.82) is 0 Å². The first-order chi connectivity index (χ1) is 12.5. The summed E-state index contributed by atoms with van der Waals surface area (Å²) in [4.78, 5) is 18.9. The first-order valence-electron chi connectivity index (χ1n) is 8.82. The number of rotatable bonds is 3. The monoisotopic (exact) mass is 429 g/mol. The second-order valence-electron chi connectivity index (χ2n) is 6.77. The van der Waals surface area contributed by atoms with E-state index < -0.39 is 0 Å². The minimum Gasteiger partial charge on any atom is -0.397 e. The molecule has 4 rings (SSSR count). The number of anilines is 2. The SMILES string of the molecule is CC[C@@H]1CCc2nc3sc(C(=O)Nc4cccc(Br)c4)c(N)c3cc2C1. The van der Waals surface area contributed by atoms with Crippen molar-refractivity contribution in [2.24, 2.45) is 5.92 Å². The van der Waals surface area contributed by atoms with E-state index in [0.717, 1.165) is 39.1 Å². The van der Waals surface area contributed by atoms with Crippen LogP contribution in [0.3, 0.4) is 0 Å². The van der Waals surface area contributed by atoms with Crippen molar-refractivity contribution < 1.29 is 4.79 Å². The molecule has 1 amide bonds. The highest BCUT2D eigenvalue weighted by molar-refractivity contribution is 9.10. The quantitative estimate of drug-likeness (QED) is 0.584. The normalized spacial score (nSPS) is 16.5. The third kappa shape index (κ3) is 3.23. The van der Waals surface area contributed by atoms with Crippen molar-refractivity contribution in [2.75, 3.05) is 11.1 Å². The lowest BCUT2D eigenvalue weighted by molar-refractivity contribution is 0.103. The number of nitrogens with two attached hydrogens (primary N) is 1. The van der Waals surface area contributed by atoms with Crippen molar-refractivity contribution in [1.82, 2.24) is 4.98 Å². The molecule has 0 fully saturated rings. The van der Waals surface area contributed by atoms with Crippen LogP contribution in [0.25, 0.3) is 10.2 Å². The maximum atomic E-state index is 12.7. The highest BCUT2D eigenvalue weighted by atomic mass is 79.9. The number of benzene rings is 1. The number of hydrogen-bond donors (Lipinski definition) is 2. The Kier molecular flexibility index (Phi) is 4.71. The number of amides is 1. The number of nitrogen functional groups attached to an aromatic ring is 1. The Morgan fingerprint density at radius 1 is 1.42 bits per heavy atom. The third-order valence-electron chi connectivity index (χ3n) is 5.05. The summed E-state index contributed by atoms with van der Waals surface area (Å²) in [7, 11) is 0. The predicted molar refractivity (Wildman–Crippen MR) is 112 cm³/mol. The van der Waals surface area contributed by atoms with Gasteiger partial charge in [-0.1, -0.05) is 35.3 Å². The van der Waals surface area contributed by atoms with Crippen molar-refractivity contribution >= 4 is 54.8 Å². The number of carbonyl (C=O) groups is 1. The number of pyridine rings is 1. The molecule has 0 bridgehead atoms. The number of hydrogen-bond acceptors (Lipinski definition) is 4. The molecule has 0 aliphatic heterocycles. The fourth-order valence-corrected chi connectivity index (χ4v) is 4.93. The van der Waals surface area contributed by atoms with Gasteiger partial charge in [0.25, 0.3) is 5.91 Å². The summed E-state index contributed by atoms with van der Waals surface area (Å²) in [5.74, 6) is 0.536. The molecule has 3 N–H and O–H groups in total. The molecule has 4 nitrogen and oxygen atoms in total. The van der Waals surface area contributed by atoms with E-state index in [1.54, 1.807) is 0 Å². The zero-order valence-electron chi connectivity index (χ0n) is 14.5. The van der Waals surface area contributed by atoms with Crippen molar-refractivity contribution in [2.45, 2.75) is 32.6 Å². The first kappa shape index (κ1) is 17.5. The van der Waals surface area contributed by atoms with Crippen LogP contribution < -0.4 is 11.1 Å². The van der Waals surface area contributed by atoms with E-state index in [2.05, 4.69) is 34.2 Å². The van der Waals surface area contributed by atoms with Gasteiger partial charge in [-0.15, -0.1) is 11.3 Å². The van der Waals surface area contributed by atoms with Gasteiger partial charge in [0.1, 0.15) is 9.71 Å². The van der Waals surface area contributed by atoms with Crippen LogP contribution in [0.15, 0.2) is 34.8 Å². The lowest BCUT2D eigenvalue weighted by atomic mass is 9.85. The zero-order chi connectivity index (χ0) is 18.3. The minimum atomic E-state index is -0.187. The molecule has 2 heterocycles. The van der Waals surface area contributed by atoms with Crippen LogP contribution in [0.1, 0.15) is 40.7 Å². The Hall–Kier alpha value is -1.92. The molecule has 6 heteroatoms. The van der Waals surface area contributed by atoms with E-state index in [4.69, 9.17) is 10.7 Å². The molecule has 2 aromatic heterocycles. The Labute approximate surface area is 164 Å². The van der Waals surface area contributed by atoms with Gasteiger partial charge in [-0.3, -0.25) is 4.79 Å². The molecule has 26 heavy (non-hydrogen) atoms. The van der Waals surface area contributed by atoms with Crippen LogP contribution in [0.4, 0.5) is 11.4 Å². The summed E-state index contributed by atoms with van der Waals surface area (Å²) in [5.41, 5.74) is 10.1. The van der Waals surface area contributed by atoms with Crippen LogP contribution in [-0.2, 0) is 12.8 Å². The van der Waals surface area contributed by atoms with Crippen molar-refractivity contribution in [3.8, 4) is 0 Å². The van der Waals surface area contributed by atoms with Crippen LogP contribution in [0.5, 0.6) is 0 Å². The molecule has 1 aliphatic rings. The maximum Gasteiger partial charge on any atom is 0.267 e. The Morgan fingerprint density at radius 2 is 2.27 bits per heavy atom. The maximum absolute atomic E-state index is 12.7. The number of fused-ring (bicyclic) bond motifs is 2. The second kappa shape index (κ2) is 7.00. The topological polar surface area (TPSA) is 68.0 Å². The molecule has 1 atom stereocenters. The predicted octanol–water partition coefficient (Wildman–Crippen LogP) is 5.41. The van der Waals surface area contributed by atoms with Crippen LogP contribution in [-0.4, -0.2) is 10.9 Å². The van der Waals surface area contributed by atoms with Gasteiger partial charge in [-0.2, -0.15) is 0 Å². The van der Waals surface area contributed by atoms with Gasteiger partial charge in [-0.25, -0.2) is 4.98 Å². The number of carbonyl (C=O) groups excluding carboxylic acids is 1. The fourth-order valence-electron chi connectivity index (χ4n) is 3.54. The average Bonchev–Trinajstić information content (AvgIpc) is 2.95. The van der Waals surface area contributed by atoms with E-state index in [1.165, 1.54) is 35.4 Å². The number of aromatic nitrogens is 1. The van der Waals surface area contributed by atoms with E-state index in [9.17, 15) is 4.79 Å². The number of aryl methyl sites for hydroxylation is 1. The summed E-state index contributed by atoms with van der Waals surface area (Å²) in [6.07, 6.45) is 4.46. The standard InChI is InChI=1S/C20H20BrN3OS/c1-2-11-6-7-16-12(8-11)9-15-17(22)18(26-20(15)24-16)19(25)23-14-5-3-4-13(21)10-14/h3-5,9-11H,2,6-8,22H2,1H3,(H,23,25)/t11-/m1/s1. The molecule has 1 aliphatic carbocycles. The van der Waals surface area contributed by atoms with E-state index >= 15 is 0 Å². The van der Waals surface area contributed by atoms with Crippen LogP contribution in [0, 0.1) is 5.92 Å². The lowest BCUT2D eigenvalue weighted by Gasteiger charge is -2.22. The van der Waals surface area contributed by atoms with Crippen molar-refractivity contribution in [3.63, 3.8) is 0 Å². The summed E-state index contributed by atoms with van der Waals surface area (Å²) in [5, 5.41) is 3.83. The van der Waals surface area contributed by atoms with E-state index in [-0.39, 0.29) is 5.91 Å². The number of nitrogens with zero attached hydrogens (tertiary/aromatic N) is 1. The summed E-state index contributed by atoms with van der Waals surface area (Å²) in [6.45, 7) is 2.24. The molecule has 0 spiro atoms. The van der Waals surface area contributed by atoms with Crippen LogP contribution >= 0.6 is 27.3 Å². The fraction of sp³-hybridized carbons (Fsp3) is 0.300. The average molecular weight is 430 g/mol. The molecule has 0 radical (unpaired) electrons. The van der Waals surface area contributed by atoms with E-state index in [1.807, 2.05) is 24.3 Å². The third-order valence-corrected chi connectivity index (χ3v) is 6.66. The van der Waals surface area contributed by atoms with Gasteiger partial charge < -0.3 is 11.1 Å². The first-order valence-corrected chi connectivity index (χ1v) is 10.4. The molecule has 0 unspecified atom stereocenters. The summed E-state index contributed by atoms with van der Waals surface area (Å²) < 4.78 is 0.916. The van der Waals surface area contributed by atoms with Gasteiger partial charge in [0, 0.05) is 21.2 Å². The van der Waals surface area contributed by atoms with Gasteiger partial charge in [0.15, 0.2) is 0 Å². The number of nitrogens with one attached hydrogen (secondary N) is 1. The van der Waals surface area contributed by atoms with Gasteiger partial charge in [0.2, 0.25) is 0 Å². The van der Waals surface area contributed by atoms with Gasteiger partial charge in [-0.05, 0) is 55.0 Å². The van der Waals surface area contributed by atoms with Crippen molar-refractivity contribution in [3.05, 3.63) is 50.9 Å². The number of thiophene rings is 1.